The van der Waals surface area contributed by atoms with Crippen LogP contribution in [0.5, 0.6) is 5.75 Å². The number of aryl methyl sites for hydroxylation is 1. The van der Waals surface area contributed by atoms with E-state index >= 15 is 0 Å². The minimum absolute atomic E-state index is 0.0730. The molecule has 2 rings (SSSR count). The van der Waals surface area contributed by atoms with Crippen LogP contribution in [-0.4, -0.2) is 12.0 Å². The highest BCUT2D eigenvalue weighted by molar-refractivity contribution is 5.97. The molecule has 1 amide bonds. The van der Waals surface area contributed by atoms with Crippen molar-refractivity contribution in [1.82, 2.24) is 0 Å². The van der Waals surface area contributed by atoms with Crippen molar-refractivity contribution < 1.29 is 9.53 Å². The van der Waals surface area contributed by atoms with Gasteiger partial charge in [0, 0.05) is 0 Å². The smallest absolute Gasteiger partial charge is 0.265 e. The Morgan fingerprint density at radius 1 is 1.47 bits per heavy atom. The number of hydrogen-bond acceptors (Lipinski definition) is 2. The van der Waals surface area contributed by atoms with Crippen molar-refractivity contribution in [2.75, 3.05) is 5.32 Å². The highest BCUT2D eigenvalue weighted by Crippen LogP contribution is 2.30. The van der Waals surface area contributed by atoms with E-state index in [0.717, 1.165) is 24.3 Å². The number of fused-ring (bicyclic) bond motifs is 1. The Kier molecular flexibility index (Phi) is 2.62. The summed E-state index contributed by atoms with van der Waals surface area (Å²) in [5, 5.41) is 2.84. The molecule has 0 spiro atoms. The molecule has 0 fully saturated rings. The molecule has 0 aromatic heterocycles. The quantitative estimate of drug-likeness (QED) is 0.804. The van der Waals surface area contributed by atoms with Gasteiger partial charge in [-0.15, -0.1) is 0 Å². The summed E-state index contributed by atoms with van der Waals surface area (Å²) in [6.45, 7) is 3.88. The third-order valence-corrected chi connectivity index (χ3v) is 2.51. The second-order valence-corrected chi connectivity index (χ2v) is 3.83. The molecule has 3 heteroatoms. The number of anilines is 1. The third kappa shape index (κ3) is 1.96. The zero-order valence-electron chi connectivity index (χ0n) is 9.04. The van der Waals surface area contributed by atoms with Crippen LogP contribution in [0.15, 0.2) is 18.2 Å². The summed E-state index contributed by atoms with van der Waals surface area (Å²) in [5.74, 6) is 0.693. The van der Waals surface area contributed by atoms with Gasteiger partial charge in [-0.2, -0.15) is 0 Å². The van der Waals surface area contributed by atoms with Crippen molar-refractivity contribution in [2.24, 2.45) is 0 Å². The van der Waals surface area contributed by atoms with Crippen LogP contribution in [0.1, 0.15) is 25.8 Å². The molecule has 1 unspecified atom stereocenters. The topological polar surface area (TPSA) is 38.3 Å². The molecule has 1 aliphatic rings. The number of hydrogen-bond donors (Lipinski definition) is 1. The van der Waals surface area contributed by atoms with E-state index in [1.807, 2.05) is 18.2 Å². The van der Waals surface area contributed by atoms with Crippen molar-refractivity contribution in [3.8, 4) is 5.75 Å². The zero-order valence-corrected chi connectivity index (χ0v) is 9.04. The van der Waals surface area contributed by atoms with Gasteiger partial charge in [-0.3, -0.25) is 4.79 Å². The Balaban J connectivity index is 2.29. The van der Waals surface area contributed by atoms with Gasteiger partial charge in [0.15, 0.2) is 6.10 Å². The number of carbonyl (C=O) groups excluding carboxylic acids is 1. The van der Waals surface area contributed by atoms with E-state index in [9.17, 15) is 4.79 Å². The predicted octanol–water partition coefficient (Wildman–Crippen LogP) is 2.36. The Labute approximate surface area is 89.4 Å². The number of nitrogens with one attached hydrogen (secondary N) is 1. The number of amides is 1. The molecule has 3 nitrogen and oxygen atoms in total. The lowest BCUT2D eigenvalue weighted by Gasteiger charge is -2.23. The zero-order chi connectivity index (χ0) is 10.8. The SMILES string of the molecule is CCCc1ccc2c(c1)NC(=O)C(C)O2. The first-order valence-electron chi connectivity index (χ1n) is 5.31. The van der Waals surface area contributed by atoms with Crippen LogP contribution in [0.2, 0.25) is 0 Å². The lowest BCUT2D eigenvalue weighted by atomic mass is 10.1. The van der Waals surface area contributed by atoms with Crippen LogP contribution in [0.3, 0.4) is 0 Å². The summed E-state index contributed by atoms with van der Waals surface area (Å²) in [7, 11) is 0. The van der Waals surface area contributed by atoms with Crippen LogP contribution in [-0.2, 0) is 11.2 Å². The molecule has 0 aliphatic carbocycles. The maximum Gasteiger partial charge on any atom is 0.265 e. The standard InChI is InChI=1S/C12H15NO2/c1-3-4-9-5-6-11-10(7-9)13-12(14)8(2)15-11/h5-8H,3-4H2,1-2H3,(H,13,14). The number of carbonyl (C=O) groups is 1. The lowest BCUT2D eigenvalue weighted by Crippen LogP contribution is -2.34. The van der Waals surface area contributed by atoms with E-state index in [4.69, 9.17) is 4.74 Å². The summed E-state index contributed by atoms with van der Waals surface area (Å²) in [6, 6.07) is 5.96. The minimum Gasteiger partial charge on any atom is -0.479 e. The fourth-order valence-corrected chi connectivity index (χ4v) is 1.70. The first kappa shape index (κ1) is 10.0. The summed E-state index contributed by atoms with van der Waals surface area (Å²) < 4.78 is 5.47. The van der Waals surface area contributed by atoms with Crippen LogP contribution >= 0.6 is 0 Å². The highest BCUT2D eigenvalue weighted by Gasteiger charge is 2.23. The fourth-order valence-electron chi connectivity index (χ4n) is 1.70. The van der Waals surface area contributed by atoms with E-state index in [0.29, 0.717) is 0 Å². The first-order chi connectivity index (χ1) is 7.20. The number of rotatable bonds is 2. The van der Waals surface area contributed by atoms with Gasteiger partial charge in [0.05, 0.1) is 5.69 Å². The summed E-state index contributed by atoms with van der Waals surface area (Å²) in [6.07, 6.45) is 1.73. The molecule has 1 aromatic rings. The lowest BCUT2D eigenvalue weighted by molar-refractivity contribution is -0.122. The molecule has 0 saturated heterocycles. The van der Waals surface area contributed by atoms with Gasteiger partial charge >= 0.3 is 0 Å². The van der Waals surface area contributed by atoms with Crippen molar-refractivity contribution in [2.45, 2.75) is 32.8 Å². The van der Waals surface area contributed by atoms with Crippen LogP contribution in [0.25, 0.3) is 0 Å². The molecule has 1 atom stereocenters. The highest BCUT2D eigenvalue weighted by atomic mass is 16.5. The Morgan fingerprint density at radius 3 is 3.00 bits per heavy atom. The second kappa shape index (κ2) is 3.93. The molecule has 0 saturated carbocycles. The molecule has 15 heavy (non-hydrogen) atoms. The van der Waals surface area contributed by atoms with Gasteiger partial charge in [-0.25, -0.2) is 0 Å². The van der Waals surface area contributed by atoms with Gasteiger partial charge < -0.3 is 10.1 Å². The molecular formula is C12H15NO2. The minimum atomic E-state index is -0.394. The van der Waals surface area contributed by atoms with Gasteiger partial charge in [-0.1, -0.05) is 19.4 Å². The molecule has 1 heterocycles. The largest absolute Gasteiger partial charge is 0.479 e. The summed E-state index contributed by atoms with van der Waals surface area (Å²) in [5.41, 5.74) is 2.03. The normalized spacial score (nSPS) is 19.1. The molecule has 0 bridgehead atoms. The van der Waals surface area contributed by atoms with Gasteiger partial charge in [-0.05, 0) is 31.0 Å². The van der Waals surface area contributed by atoms with Crippen molar-refractivity contribution in [3.05, 3.63) is 23.8 Å². The van der Waals surface area contributed by atoms with E-state index in [2.05, 4.69) is 12.2 Å². The van der Waals surface area contributed by atoms with Gasteiger partial charge in [0.25, 0.3) is 5.91 Å². The number of ether oxygens (including phenoxy) is 1. The van der Waals surface area contributed by atoms with Gasteiger partial charge in [0.2, 0.25) is 0 Å². The Morgan fingerprint density at radius 2 is 2.27 bits per heavy atom. The fraction of sp³-hybridized carbons (Fsp3) is 0.417. The van der Waals surface area contributed by atoms with Crippen molar-refractivity contribution >= 4 is 11.6 Å². The van der Waals surface area contributed by atoms with Crippen molar-refractivity contribution in [1.29, 1.82) is 0 Å². The van der Waals surface area contributed by atoms with Crippen molar-refractivity contribution in [3.63, 3.8) is 0 Å². The third-order valence-electron chi connectivity index (χ3n) is 2.51. The van der Waals surface area contributed by atoms with E-state index in [-0.39, 0.29) is 5.91 Å². The molecular weight excluding hydrogens is 190 g/mol. The second-order valence-electron chi connectivity index (χ2n) is 3.83. The molecule has 80 valence electrons. The molecule has 1 aromatic carbocycles. The molecule has 1 aliphatic heterocycles. The summed E-state index contributed by atoms with van der Waals surface area (Å²) in [4.78, 5) is 11.4. The molecule has 1 N–H and O–H groups in total. The van der Waals surface area contributed by atoms with Crippen LogP contribution in [0.4, 0.5) is 5.69 Å². The average molecular weight is 205 g/mol. The van der Waals surface area contributed by atoms with Crippen LogP contribution in [0, 0.1) is 0 Å². The molecule has 0 radical (unpaired) electrons. The maximum atomic E-state index is 11.4. The van der Waals surface area contributed by atoms with E-state index < -0.39 is 6.10 Å². The maximum absolute atomic E-state index is 11.4. The Hall–Kier alpha value is -1.51. The number of benzene rings is 1. The van der Waals surface area contributed by atoms with E-state index in [1.54, 1.807) is 6.92 Å². The monoisotopic (exact) mass is 205 g/mol. The Bertz CT molecular complexity index is 387. The summed E-state index contributed by atoms with van der Waals surface area (Å²) >= 11 is 0. The predicted molar refractivity (Wildman–Crippen MR) is 59.2 cm³/mol. The first-order valence-corrected chi connectivity index (χ1v) is 5.31. The van der Waals surface area contributed by atoms with Gasteiger partial charge in [0.1, 0.15) is 5.75 Å². The average Bonchev–Trinajstić information content (AvgIpc) is 2.21. The van der Waals surface area contributed by atoms with Crippen LogP contribution < -0.4 is 10.1 Å². The van der Waals surface area contributed by atoms with E-state index in [1.165, 1.54) is 5.56 Å².